The number of unbranched alkanes of at least 4 members (excludes halogenated alkanes) is 1. The SMILES string of the molecule is C=C(C)C(=O)NCCCC=O. The van der Waals surface area contributed by atoms with E-state index in [-0.39, 0.29) is 5.91 Å². The summed E-state index contributed by atoms with van der Waals surface area (Å²) in [5.74, 6) is -0.143. The summed E-state index contributed by atoms with van der Waals surface area (Å²) < 4.78 is 0. The van der Waals surface area contributed by atoms with Gasteiger partial charge in [-0.1, -0.05) is 6.58 Å². The highest BCUT2D eigenvalue weighted by Gasteiger charge is 1.98. The molecule has 0 spiro atoms. The molecule has 0 radical (unpaired) electrons. The predicted molar refractivity (Wildman–Crippen MR) is 43.1 cm³/mol. The van der Waals surface area contributed by atoms with Crippen molar-refractivity contribution < 1.29 is 9.59 Å². The number of hydrogen-bond acceptors (Lipinski definition) is 2. The zero-order chi connectivity index (χ0) is 8.69. The van der Waals surface area contributed by atoms with Crippen LogP contribution in [0.4, 0.5) is 0 Å². The molecule has 0 aliphatic carbocycles. The van der Waals surface area contributed by atoms with Gasteiger partial charge in [0, 0.05) is 18.5 Å². The predicted octanol–water partition coefficient (Wildman–Crippen LogP) is 0.658. The van der Waals surface area contributed by atoms with Crippen molar-refractivity contribution in [1.29, 1.82) is 0 Å². The van der Waals surface area contributed by atoms with Crippen LogP contribution in [0.15, 0.2) is 12.2 Å². The second-order valence-corrected chi connectivity index (χ2v) is 2.35. The zero-order valence-electron chi connectivity index (χ0n) is 6.72. The van der Waals surface area contributed by atoms with Gasteiger partial charge in [-0.15, -0.1) is 0 Å². The molecule has 62 valence electrons. The third-order valence-electron chi connectivity index (χ3n) is 1.17. The highest BCUT2D eigenvalue weighted by atomic mass is 16.1. The van der Waals surface area contributed by atoms with Crippen LogP contribution in [0.1, 0.15) is 19.8 Å². The third-order valence-corrected chi connectivity index (χ3v) is 1.17. The minimum atomic E-state index is -0.143. The van der Waals surface area contributed by atoms with E-state index in [4.69, 9.17) is 0 Å². The van der Waals surface area contributed by atoms with Crippen molar-refractivity contribution in [2.45, 2.75) is 19.8 Å². The summed E-state index contributed by atoms with van der Waals surface area (Å²) in [4.78, 5) is 20.7. The number of amides is 1. The molecule has 0 heterocycles. The molecule has 3 heteroatoms. The van der Waals surface area contributed by atoms with Gasteiger partial charge in [-0.25, -0.2) is 0 Å². The van der Waals surface area contributed by atoms with E-state index in [1.54, 1.807) is 6.92 Å². The quantitative estimate of drug-likeness (QED) is 0.360. The van der Waals surface area contributed by atoms with Crippen LogP contribution in [0, 0.1) is 0 Å². The van der Waals surface area contributed by atoms with Crippen molar-refractivity contribution >= 4 is 12.2 Å². The molecule has 0 aromatic heterocycles. The molecule has 0 saturated heterocycles. The summed E-state index contributed by atoms with van der Waals surface area (Å²) in [6.45, 7) is 5.67. The van der Waals surface area contributed by atoms with Crippen molar-refractivity contribution in [2.75, 3.05) is 6.54 Å². The van der Waals surface area contributed by atoms with Gasteiger partial charge in [0.1, 0.15) is 6.29 Å². The molecular formula is C8H13NO2. The first-order valence-electron chi connectivity index (χ1n) is 3.56. The van der Waals surface area contributed by atoms with Crippen LogP contribution in [-0.4, -0.2) is 18.7 Å². The van der Waals surface area contributed by atoms with E-state index < -0.39 is 0 Å². The number of rotatable bonds is 5. The van der Waals surface area contributed by atoms with Crippen LogP contribution in [0.25, 0.3) is 0 Å². The Labute approximate surface area is 66.5 Å². The molecule has 0 aromatic carbocycles. The van der Waals surface area contributed by atoms with E-state index in [1.807, 2.05) is 0 Å². The van der Waals surface area contributed by atoms with Gasteiger partial charge >= 0.3 is 0 Å². The van der Waals surface area contributed by atoms with Gasteiger partial charge in [0.15, 0.2) is 0 Å². The van der Waals surface area contributed by atoms with Crippen LogP contribution in [-0.2, 0) is 9.59 Å². The maximum atomic E-state index is 10.8. The van der Waals surface area contributed by atoms with E-state index in [0.717, 1.165) is 6.29 Å². The van der Waals surface area contributed by atoms with Gasteiger partial charge in [0.2, 0.25) is 5.91 Å². The number of carbonyl (C=O) groups excluding carboxylic acids is 2. The summed E-state index contributed by atoms with van der Waals surface area (Å²) in [7, 11) is 0. The standard InChI is InChI=1S/C8H13NO2/c1-7(2)8(11)9-5-3-4-6-10/h6H,1,3-5H2,2H3,(H,9,11). The highest BCUT2D eigenvalue weighted by molar-refractivity contribution is 5.92. The Morgan fingerprint density at radius 3 is 2.73 bits per heavy atom. The second kappa shape index (κ2) is 5.65. The average molecular weight is 155 g/mol. The largest absolute Gasteiger partial charge is 0.352 e. The lowest BCUT2D eigenvalue weighted by Gasteiger charge is -2.01. The fraction of sp³-hybridized carbons (Fsp3) is 0.500. The van der Waals surface area contributed by atoms with E-state index in [2.05, 4.69) is 11.9 Å². The minimum Gasteiger partial charge on any atom is -0.352 e. The molecule has 0 aromatic rings. The van der Waals surface area contributed by atoms with E-state index in [9.17, 15) is 9.59 Å². The molecule has 11 heavy (non-hydrogen) atoms. The van der Waals surface area contributed by atoms with E-state index >= 15 is 0 Å². The first-order valence-corrected chi connectivity index (χ1v) is 3.56. The Balaban J connectivity index is 3.31. The normalized spacial score (nSPS) is 8.82. The molecule has 0 fully saturated rings. The number of carbonyl (C=O) groups is 2. The van der Waals surface area contributed by atoms with Gasteiger partial charge < -0.3 is 10.1 Å². The molecule has 1 N–H and O–H groups in total. The highest BCUT2D eigenvalue weighted by Crippen LogP contribution is 1.86. The summed E-state index contributed by atoms with van der Waals surface area (Å²) >= 11 is 0. The zero-order valence-corrected chi connectivity index (χ0v) is 6.72. The van der Waals surface area contributed by atoms with E-state index in [1.165, 1.54) is 0 Å². The smallest absolute Gasteiger partial charge is 0.246 e. The third kappa shape index (κ3) is 5.33. The summed E-state index contributed by atoms with van der Waals surface area (Å²) in [6.07, 6.45) is 2.03. The minimum absolute atomic E-state index is 0.143. The fourth-order valence-electron chi connectivity index (χ4n) is 0.538. The molecule has 0 rings (SSSR count). The molecule has 0 atom stereocenters. The van der Waals surface area contributed by atoms with Crippen molar-refractivity contribution in [3.63, 3.8) is 0 Å². The van der Waals surface area contributed by atoms with Gasteiger partial charge in [-0.2, -0.15) is 0 Å². The summed E-state index contributed by atoms with van der Waals surface area (Å²) in [5.41, 5.74) is 0.496. The average Bonchev–Trinajstić information content (AvgIpc) is 1.97. The first kappa shape index (κ1) is 9.88. The van der Waals surface area contributed by atoms with Crippen LogP contribution in [0.3, 0.4) is 0 Å². The molecule has 0 bridgehead atoms. The molecular weight excluding hydrogens is 142 g/mol. The van der Waals surface area contributed by atoms with Gasteiger partial charge in [0.05, 0.1) is 0 Å². The number of aldehydes is 1. The maximum Gasteiger partial charge on any atom is 0.246 e. The Bertz CT molecular complexity index is 163. The molecule has 1 amide bonds. The Morgan fingerprint density at radius 1 is 1.64 bits per heavy atom. The Morgan fingerprint density at radius 2 is 2.27 bits per heavy atom. The van der Waals surface area contributed by atoms with Gasteiger partial charge in [-0.05, 0) is 13.3 Å². The summed E-state index contributed by atoms with van der Waals surface area (Å²) in [5, 5.41) is 2.62. The summed E-state index contributed by atoms with van der Waals surface area (Å²) in [6, 6.07) is 0. The maximum absolute atomic E-state index is 10.8. The second-order valence-electron chi connectivity index (χ2n) is 2.35. The van der Waals surface area contributed by atoms with Crippen LogP contribution >= 0.6 is 0 Å². The van der Waals surface area contributed by atoms with Crippen molar-refractivity contribution in [3.8, 4) is 0 Å². The molecule has 0 saturated carbocycles. The van der Waals surface area contributed by atoms with Gasteiger partial charge in [0.25, 0.3) is 0 Å². The molecule has 0 aliphatic heterocycles. The van der Waals surface area contributed by atoms with Crippen molar-refractivity contribution in [2.24, 2.45) is 0 Å². The van der Waals surface area contributed by atoms with Crippen LogP contribution in [0.5, 0.6) is 0 Å². The Kier molecular flexibility index (Phi) is 5.07. The lowest BCUT2D eigenvalue weighted by atomic mass is 10.3. The molecule has 0 aliphatic rings. The monoisotopic (exact) mass is 155 g/mol. The fourth-order valence-corrected chi connectivity index (χ4v) is 0.538. The topological polar surface area (TPSA) is 46.2 Å². The van der Waals surface area contributed by atoms with Crippen molar-refractivity contribution in [1.82, 2.24) is 5.32 Å². The molecule has 0 unspecified atom stereocenters. The lowest BCUT2D eigenvalue weighted by molar-refractivity contribution is -0.117. The van der Waals surface area contributed by atoms with Gasteiger partial charge in [-0.3, -0.25) is 4.79 Å². The number of hydrogen-bond donors (Lipinski definition) is 1. The molecule has 3 nitrogen and oxygen atoms in total. The van der Waals surface area contributed by atoms with Crippen LogP contribution in [0.2, 0.25) is 0 Å². The van der Waals surface area contributed by atoms with E-state index in [0.29, 0.717) is 25.0 Å². The number of nitrogens with one attached hydrogen (secondary N) is 1. The Hall–Kier alpha value is -1.12. The lowest BCUT2D eigenvalue weighted by Crippen LogP contribution is -2.24. The van der Waals surface area contributed by atoms with Crippen molar-refractivity contribution in [3.05, 3.63) is 12.2 Å². The first-order chi connectivity index (χ1) is 5.18. The van der Waals surface area contributed by atoms with Crippen LogP contribution < -0.4 is 5.32 Å².